The average molecular weight is 410 g/mol. The van der Waals surface area contributed by atoms with Crippen LogP contribution >= 0.6 is 0 Å². The summed E-state index contributed by atoms with van der Waals surface area (Å²) in [5.41, 5.74) is 2.31. The zero-order chi connectivity index (χ0) is 21.1. The number of nitrogens with one attached hydrogen (secondary N) is 1. The van der Waals surface area contributed by atoms with E-state index in [0.29, 0.717) is 25.5 Å². The fourth-order valence-electron chi connectivity index (χ4n) is 4.30. The fourth-order valence-corrected chi connectivity index (χ4v) is 4.30. The Morgan fingerprint density at radius 1 is 0.806 bits per heavy atom. The minimum Gasteiger partial charge on any atom is -0.336 e. The van der Waals surface area contributed by atoms with Gasteiger partial charge in [0.15, 0.2) is 5.82 Å². The van der Waals surface area contributed by atoms with Gasteiger partial charge in [-0.25, -0.2) is 9.48 Å². The molecular formula is C24H22N6O. The van der Waals surface area contributed by atoms with Gasteiger partial charge in [0.05, 0.1) is 6.54 Å². The van der Waals surface area contributed by atoms with Crippen LogP contribution in [0.1, 0.15) is 22.5 Å². The summed E-state index contributed by atoms with van der Waals surface area (Å²) in [6.45, 7) is 1.58. The maximum atomic E-state index is 12.2. The molecular weight excluding hydrogens is 388 g/mol. The smallest absolute Gasteiger partial charge is 0.317 e. The highest BCUT2D eigenvalue weighted by Gasteiger charge is 2.42. The molecule has 1 aromatic heterocycles. The zero-order valence-electron chi connectivity index (χ0n) is 16.9. The number of hydrogen-bond acceptors (Lipinski definition) is 4. The highest BCUT2D eigenvalue weighted by Crippen LogP contribution is 2.40. The lowest BCUT2D eigenvalue weighted by Crippen LogP contribution is -2.41. The molecule has 1 fully saturated rings. The quantitative estimate of drug-likeness (QED) is 0.496. The van der Waals surface area contributed by atoms with Crippen LogP contribution in [-0.4, -0.2) is 44.2 Å². The Morgan fingerprint density at radius 2 is 1.32 bits per heavy atom. The van der Waals surface area contributed by atoms with Crippen LogP contribution < -0.4 is 5.32 Å². The summed E-state index contributed by atoms with van der Waals surface area (Å²) < 4.78 is 1.86. The maximum Gasteiger partial charge on any atom is 0.317 e. The lowest BCUT2D eigenvalue weighted by molar-refractivity contribution is 0.212. The standard InChI is InChI=1S/C24H22N6O/c31-23-25-16-17-29(23)18-22-26-27-28-30(22)24(19-10-4-1-5-11-19,20-12-6-2-7-13-20)21-14-8-3-9-15-21/h1-15H,16-18H2,(H,25,31). The summed E-state index contributed by atoms with van der Waals surface area (Å²) in [6.07, 6.45) is 0. The summed E-state index contributed by atoms with van der Waals surface area (Å²) in [6, 6.07) is 30.6. The Hall–Kier alpha value is -4.00. The van der Waals surface area contributed by atoms with Gasteiger partial charge in [-0.05, 0) is 27.1 Å². The van der Waals surface area contributed by atoms with E-state index < -0.39 is 5.54 Å². The molecule has 154 valence electrons. The first-order chi connectivity index (χ1) is 15.3. The normalized spacial score (nSPS) is 13.9. The van der Waals surface area contributed by atoms with Gasteiger partial charge in [0.1, 0.15) is 5.54 Å². The van der Waals surface area contributed by atoms with Gasteiger partial charge in [-0.15, -0.1) is 5.10 Å². The van der Waals surface area contributed by atoms with Gasteiger partial charge in [0.2, 0.25) is 0 Å². The second-order valence-corrected chi connectivity index (χ2v) is 7.47. The van der Waals surface area contributed by atoms with Gasteiger partial charge in [-0.2, -0.15) is 0 Å². The molecule has 0 aliphatic carbocycles. The third-order valence-electron chi connectivity index (χ3n) is 5.70. The van der Waals surface area contributed by atoms with Gasteiger partial charge in [-0.1, -0.05) is 91.0 Å². The number of aromatic nitrogens is 4. The Labute approximate surface area is 180 Å². The Balaban J connectivity index is 1.78. The molecule has 2 heterocycles. The molecule has 4 aromatic rings. The predicted octanol–water partition coefficient (Wildman–Crippen LogP) is 3.04. The monoisotopic (exact) mass is 410 g/mol. The van der Waals surface area contributed by atoms with Crippen molar-refractivity contribution in [2.24, 2.45) is 0 Å². The van der Waals surface area contributed by atoms with Crippen LogP contribution in [-0.2, 0) is 12.1 Å². The third-order valence-corrected chi connectivity index (χ3v) is 5.70. The van der Waals surface area contributed by atoms with Crippen LogP contribution in [0.15, 0.2) is 91.0 Å². The largest absolute Gasteiger partial charge is 0.336 e. The molecule has 0 spiro atoms. The van der Waals surface area contributed by atoms with E-state index in [1.54, 1.807) is 4.90 Å². The van der Waals surface area contributed by atoms with Crippen molar-refractivity contribution in [1.82, 2.24) is 30.4 Å². The Morgan fingerprint density at radius 3 is 1.77 bits per heavy atom. The SMILES string of the molecule is O=C1NCCN1Cc1nnnn1C(c1ccccc1)(c1ccccc1)c1ccccc1. The van der Waals surface area contributed by atoms with Crippen molar-refractivity contribution < 1.29 is 4.79 Å². The van der Waals surface area contributed by atoms with E-state index in [0.717, 1.165) is 16.7 Å². The molecule has 1 saturated heterocycles. The van der Waals surface area contributed by atoms with Crippen LogP contribution in [0.3, 0.4) is 0 Å². The molecule has 7 heteroatoms. The molecule has 0 bridgehead atoms. The minimum absolute atomic E-state index is 0.0979. The van der Waals surface area contributed by atoms with Gasteiger partial charge in [0.25, 0.3) is 0 Å². The van der Waals surface area contributed by atoms with Crippen molar-refractivity contribution in [3.05, 3.63) is 114 Å². The van der Waals surface area contributed by atoms with Crippen molar-refractivity contribution in [3.8, 4) is 0 Å². The number of urea groups is 1. The minimum atomic E-state index is -0.793. The zero-order valence-corrected chi connectivity index (χ0v) is 16.9. The maximum absolute atomic E-state index is 12.2. The second-order valence-electron chi connectivity index (χ2n) is 7.47. The molecule has 2 amide bonds. The van der Waals surface area contributed by atoms with Crippen molar-refractivity contribution in [3.63, 3.8) is 0 Å². The number of benzene rings is 3. The molecule has 3 aromatic carbocycles. The van der Waals surface area contributed by atoms with Gasteiger partial charge in [-0.3, -0.25) is 0 Å². The lowest BCUT2D eigenvalue weighted by Gasteiger charge is -2.36. The average Bonchev–Trinajstić information content (AvgIpc) is 3.46. The summed E-state index contributed by atoms with van der Waals surface area (Å²) in [5.74, 6) is 0.619. The Kier molecular flexibility index (Phi) is 4.92. The summed E-state index contributed by atoms with van der Waals surface area (Å²) >= 11 is 0. The Bertz CT molecular complexity index is 1060. The first-order valence-corrected chi connectivity index (χ1v) is 10.3. The number of carbonyl (C=O) groups is 1. The number of tetrazole rings is 1. The molecule has 0 unspecified atom stereocenters. The predicted molar refractivity (Wildman–Crippen MR) is 116 cm³/mol. The second kappa shape index (κ2) is 8.02. The van der Waals surface area contributed by atoms with E-state index in [1.807, 2.05) is 59.3 Å². The van der Waals surface area contributed by atoms with Gasteiger partial charge < -0.3 is 10.2 Å². The molecule has 31 heavy (non-hydrogen) atoms. The number of rotatable bonds is 6. The van der Waals surface area contributed by atoms with E-state index >= 15 is 0 Å². The van der Waals surface area contributed by atoms with E-state index in [1.165, 1.54) is 0 Å². The fraction of sp³-hybridized carbons (Fsp3) is 0.167. The first-order valence-electron chi connectivity index (χ1n) is 10.3. The van der Waals surface area contributed by atoms with E-state index in [2.05, 4.69) is 57.2 Å². The van der Waals surface area contributed by atoms with Crippen molar-refractivity contribution in [2.45, 2.75) is 12.1 Å². The molecule has 1 N–H and O–H groups in total. The van der Waals surface area contributed by atoms with Crippen LogP contribution in [0.4, 0.5) is 4.79 Å². The van der Waals surface area contributed by atoms with Crippen molar-refractivity contribution in [1.29, 1.82) is 0 Å². The molecule has 1 aliphatic heterocycles. The van der Waals surface area contributed by atoms with E-state index in [9.17, 15) is 4.79 Å². The summed E-state index contributed by atoms with van der Waals surface area (Å²) in [7, 11) is 0. The topological polar surface area (TPSA) is 75.9 Å². The number of carbonyl (C=O) groups excluding carboxylic acids is 1. The lowest BCUT2D eigenvalue weighted by atomic mass is 9.77. The van der Waals surface area contributed by atoms with Crippen LogP contribution in [0.2, 0.25) is 0 Å². The van der Waals surface area contributed by atoms with E-state index in [4.69, 9.17) is 0 Å². The van der Waals surface area contributed by atoms with Crippen molar-refractivity contribution >= 4 is 6.03 Å². The van der Waals surface area contributed by atoms with Crippen molar-refractivity contribution in [2.75, 3.05) is 13.1 Å². The molecule has 0 radical (unpaired) electrons. The summed E-state index contributed by atoms with van der Waals surface area (Å²) in [5, 5.41) is 15.7. The molecule has 5 rings (SSSR count). The van der Waals surface area contributed by atoms with Crippen LogP contribution in [0.5, 0.6) is 0 Å². The highest BCUT2D eigenvalue weighted by atomic mass is 16.2. The molecule has 0 atom stereocenters. The number of nitrogens with zero attached hydrogens (tertiary/aromatic N) is 5. The van der Waals surface area contributed by atoms with Gasteiger partial charge in [0, 0.05) is 13.1 Å². The molecule has 1 aliphatic rings. The number of amides is 2. The third kappa shape index (κ3) is 3.24. The first kappa shape index (κ1) is 19.0. The number of hydrogen-bond donors (Lipinski definition) is 1. The van der Waals surface area contributed by atoms with Crippen LogP contribution in [0, 0.1) is 0 Å². The highest BCUT2D eigenvalue weighted by molar-refractivity contribution is 5.76. The molecule has 0 saturated carbocycles. The molecule has 7 nitrogen and oxygen atoms in total. The van der Waals surface area contributed by atoms with E-state index in [-0.39, 0.29) is 6.03 Å². The van der Waals surface area contributed by atoms with Crippen LogP contribution in [0.25, 0.3) is 0 Å². The summed E-state index contributed by atoms with van der Waals surface area (Å²) in [4.78, 5) is 13.9. The van der Waals surface area contributed by atoms with Gasteiger partial charge >= 0.3 is 6.03 Å².